The summed E-state index contributed by atoms with van der Waals surface area (Å²) in [5.41, 5.74) is 0.694. The molecule has 1 atom stereocenters. The van der Waals surface area contributed by atoms with Gasteiger partial charge >= 0.3 is 6.61 Å². The maximum Gasteiger partial charge on any atom is 0.387 e. The van der Waals surface area contributed by atoms with E-state index in [2.05, 4.69) is 59.8 Å². The van der Waals surface area contributed by atoms with Crippen molar-refractivity contribution >= 4 is 17.2 Å². The minimum absolute atomic E-state index is 0.0270. The van der Waals surface area contributed by atoms with E-state index in [-0.39, 0.29) is 46.6 Å². The third-order valence-corrected chi connectivity index (χ3v) is 8.58. The largest absolute Gasteiger partial charge is 0.461 e. The van der Waals surface area contributed by atoms with E-state index in [1.807, 2.05) is 0 Å². The minimum atomic E-state index is -3.17. The first-order valence-corrected chi connectivity index (χ1v) is 15.4. The lowest BCUT2D eigenvalue weighted by Gasteiger charge is -2.51. The number of benzene rings is 1. The van der Waals surface area contributed by atoms with Gasteiger partial charge in [0.15, 0.2) is 11.5 Å². The van der Waals surface area contributed by atoms with Crippen LogP contribution in [-0.2, 0) is 6.54 Å². The van der Waals surface area contributed by atoms with Crippen LogP contribution in [0.1, 0.15) is 42.0 Å². The number of likely N-dealkylation sites (tertiary alicyclic amines) is 1. The van der Waals surface area contributed by atoms with E-state index in [4.69, 9.17) is 9.47 Å². The van der Waals surface area contributed by atoms with Gasteiger partial charge in [0, 0.05) is 50.7 Å². The molecule has 1 saturated carbocycles. The van der Waals surface area contributed by atoms with Gasteiger partial charge in [-0.15, -0.1) is 10.2 Å². The number of nitrogens with one attached hydrogen (secondary N) is 1. The molecular formula is C30H33F3N12O3. The van der Waals surface area contributed by atoms with Crippen molar-refractivity contribution < 1.29 is 27.4 Å². The average Bonchev–Trinajstić information content (AvgIpc) is 3.72. The smallest absolute Gasteiger partial charge is 0.387 e. The lowest BCUT2D eigenvalue weighted by molar-refractivity contribution is -0.0495. The normalized spacial score (nSPS) is 19.0. The van der Waals surface area contributed by atoms with Gasteiger partial charge in [0.05, 0.1) is 23.5 Å². The summed E-state index contributed by atoms with van der Waals surface area (Å²) < 4.78 is 53.5. The van der Waals surface area contributed by atoms with Crippen molar-refractivity contribution in [1.82, 2.24) is 54.4 Å². The zero-order valence-corrected chi connectivity index (χ0v) is 26.3. The van der Waals surface area contributed by atoms with Crippen molar-refractivity contribution in [2.45, 2.75) is 57.4 Å². The summed E-state index contributed by atoms with van der Waals surface area (Å²) in [4.78, 5) is 24.0. The van der Waals surface area contributed by atoms with Crippen molar-refractivity contribution in [2.24, 2.45) is 0 Å². The number of fused-ring (bicyclic) bond motifs is 1. The molecule has 5 heterocycles. The van der Waals surface area contributed by atoms with Crippen LogP contribution in [-0.4, -0.2) is 113 Å². The number of anilines is 1. The first kappa shape index (κ1) is 31.5. The summed E-state index contributed by atoms with van der Waals surface area (Å²) in [6.07, 6.45) is 6.65. The third kappa shape index (κ3) is 6.40. The fourth-order valence-corrected chi connectivity index (χ4v) is 5.95. The van der Waals surface area contributed by atoms with Gasteiger partial charge in [-0.25, -0.2) is 13.9 Å². The van der Waals surface area contributed by atoms with E-state index in [1.165, 1.54) is 52.9 Å². The summed E-state index contributed by atoms with van der Waals surface area (Å²) in [6, 6.07) is 6.79. The quantitative estimate of drug-likeness (QED) is 0.210. The van der Waals surface area contributed by atoms with Gasteiger partial charge in [0.2, 0.25) is 6.36 Å². The molecule has 1 amide bonds. The van der Waals surface area contributed by atoms with Gasteiger partial charge in [0.1, 0.15) is 29.3 Å². The van der Waals surface area contributed by atoms with Crippen molar-refractivity contribution in [2.75, 3.05) is 32.5 Å². The Bertz CT molecular complexity index is 1910. The molecule has 2 aliphatic rings. The second-order valence-corrected chi connectivity index (χ2v) is 12.1. The molecule has 48 heavy (non-hydrogen) atoms. The Labute approximate surface area is 272 Å². The Balaban J connectivity index is 1.15. The SMILES string of the molecule is CC(F)Oc1ccc(OC(F)F)c(-c2nn(Cc3nnn(C4CN([C@H]5C[C@@H](N(C)C)C5)C4)n3)cc2NC(=O)c2cnn3cccnc23)c1. The van der Waals surface area contributed by atoms with Crippen LogP contribution in [0.2, 0.25) is 0 Å². The first-order chi connectivity index (χ1) is 23.1. The van der Waals surface area contributed by atoms with Crippen molar-refractivity contribution in [3.05, 3.63) is 60.4 Å². The van der Waals surface area contributed by atoms with E-state index in [0.717, 1.165) is 25.9 Å². The van der Waals surface area contributed by atoms with Crippen LogP contribution < -0.4 is 14.8 Å². The van der Waals surface area contributed by atoms with Gasteiger partial charge in [-0.05, 0) is 56.4 Å². The minimum Gasteiger partial charge on any atom is -0.461 e. The molecular weight excluding hydrogens is 633 g/mol. The average molecular weight is 667 g/mol. The fourth-order valence-electron chi connectivity index (χ4n) is 5.95. The highest BCUT2D eigenvalue weighted by Gasteiger charge is 2.41. The summed E-state index contributed by atoms with van der Waals surface area (Å²) >= 11 is 0. The van der Waals surface area contributed by atoms with E-state index in [9.17, 15) is 18.0 Å². The van der Waals surface area contributed by atoms with E-state index in [1.54, 1.807) is 17.1 Å². The lowest BCUT2D eigenvalue weighted by Crippen LogP contribution is -2.60. The molecule has 0 spiro atoms. The number of nitrogens with zero attached hydrogens (tertiary/aromatic N) is 11. The van der Waals surface area contributed by atoms with Gasteiger partial charge in [-0.2, -0.15) is 23.8 Å². The predicted molar refractivity (Wildman–Crippen MR) is 164 cm³/mol. The number of rotatable bonds is 12. The Kier molecular flexibility index (Phi) is 8.42. The monoisotopic (exact) mass is 666 g/mol. The number of alkyl halides is 3. The molecule has 0 radical (unpaired) electrons. The number of ether oxygens (including phenoxy) is 2. The number of hydrogen-bond donors (Lipinski definition) is 1. The number of amides is 1. The second-order valence-electron chi connectivity index (χ2n) is 12.1. The topological polar surface area (TPSA) is 146 Å². The first-order valence-electron chi connectivity index (χ1n) is 15.4. The van der Waals surface area contributed by atoms with Gasteiger partial charge in [0.25, 0.3) is 5.91 Å². The van der Waals surface area contributed by atoms with Crippen molar-refractivity contribution in [3.8, 4) is 22.8 Å². The number of carbonyl (C=O) groups is 1. The van der Waals surface area contributed by atoms with Crippen LogP contribution in [0, 0.1) is 0 Å². The Morgan fingerprint density at radius 1 is 1.12 bits per heavy atom. The molecule has 1 aromatic carbocycles. The molecule has 1 aliphatic heterocycles. The number of hydrogen-bond acceptors (Lipinski definition) is 11. The molecule has 2 fully saturated rings. The van der Waals surface area contributed by atoms with Gasteiger partial charge < -0.3 is 19.7 Å². The molecule has 0 bridgehead atoms. The predicted octanol–water partition coefficient (Wildman–Crippen LogP) is 3.12. The maximum atomic E-state index is 13.7. The zero-order chi connectivity index (χ0) is 33.5. The number of aromatic nitrogens is 9. The highest BCUT2D eigenvalue weighted by molar-refractivity contribution is 6.09. The van der Waals surface area contributed by atoms with Crippen LogP contribution in [0.4, 0.5) is 18.9 Å². The third-order valence-electron chi connectivity index (χ3n) is 8.58. The van der Waals surface area contributed by atoms with Crippen LogP contribution >= 0.6 is 0 Å². The molecule has 1 aliphatic carbocycles. The summed E-state index contributed by atoms with van der Waals surface area (Å²) in [5, 5.41) is 24.6. The molecule has 18 heteroatoms. The molecule has 5 aromatic rings. The standard InChI is InChI=1S/C30H33F3N12O3/c1-17(31)47-21-5-6-25(48-30(32)33)22(11-21)27-24(36-29(46)23-12-35-44-8-4-7-34-28(23)44)15-43(39-27)16-26-37-40-45(38-26)20-13-42(14-20)19-9-18(10-19)41(2)3/h4-8,11-12,15,17-20,30H,9-10,13-14,16H2,1-3H3,(H,36,46)/t17?,18-,19+. The van der Waals surface area contributed by atoms with Crippen LogP contribution in [0.25, 0.3) is 16.9 Å². The van der Waals surface area contributed by atoms with E-state index < -0.39 is 18.9 Å². The van der Waals surface area contributed by atoms with Crippen LogP contribution in [0.3, 0.4) is 0 Å². The van der Waals surface area contributed by atoms with E-state index in [0.29, 0.717) is 23.6 Å². The van der Waals surface area contributed by atoms with Gasteiger partial charge in [-0.3, -0.25) is 14.4 Å². The highest BCUT2D eigenvalue weighted by Crippen LogP contribution is 2.38. The van der Waals surface area contributed by atoms with Crippen molar-refractivity contribution in [3.63, 3.8) is 0 Å². The Morgan fingerprint density at radius 3 is 2.69 bits per heavy atom. The molecule has 4 aromatic heterocycles. The lowest BCUT2D eigenvalue weighted by atomic mass is 9.82. The highest BCUT2D eigenvalue weighted by atomic mass is 19.3. The van der Waals surface area contributed by atoms with Crippen molar-refractivity contribution in [1.29, 1.82) is 0 Å². The maximum absolute atomic E-state index is 13.7. The van der Waals surface area contributed by atoms with E-state index >= 15 is 0 Å². The Morgan fingerprint density at radius 2 is 1.94 bits per heavy atom. The molecule has 1 saturated heterocycles. The number of tetrazole rings is 1. The molecule has 1 N–H and O–H groups in total. The number of carbonyl (C=O) groups excluding carboxylic acids is 1. The zero-order valence-electron chi connectivity index (χ0n) is 26.3. The molecule has 15 nitrogen and oxygen atoms in total. The summed E-state index contributed by atoms with van der Waals surface area (Å²) in [7, 11) is 4.21. The molecule has 7 rings (SSSR count). The summed E-state index contributed by atoms with van der Waals surface area (Å²) in [6.45, 7) is -0.259. The summed E-state index contributed by atoms with van der Waals surface area (Å²) in [5.74, 6) is -0.439. The second kappa shape index (κ2) is 12.8. The number of halogens is 3. The van der Waals surface area contributed by atoms with Gasteiger partial charge in [-0.1, -0.05) is 0 Å². The molecule has 252 valence electrons. The van der Waals surface area contributed by atoms with Crippen LogP contribution in [0.5, 0.6) is 11.5 Å². The van der Waals surface area contributed by atoms with Crippen LogP contribution in [0.15, 0.2) is 49.1 Å². The Hall–Kier alpha value is -5.10. The fraction of sp³-hybridized carbons (Fsp3) is 0.433. The molecule has 1 unspecified atom stereocenters.